The van der Waals surface area contributed by atoms with Crippen molar-refractivity contribution in [3.05, 3.63) is 96.1 Å². The van der Waals surface area contributed by atoms with E-state index in [-0.39, 0.29) is 4.90 Å². The summed E-state index contributed by atoms with van der Waals surface area (Å²) in [6, 6.07) is 25.6. The molecule has 0 saturated carbocycles. The topological polar surface area (TPSA) is 80.7 Å². The van der Waals surface area contributed by atoms with Crippen LogP contribution in [0.2, 0.25) is 0 Å². The Bertz CT molecular complexity index is 1060. The van der Waals surface area contributed by atoms with Gasteiger partial charge in [-0.05, 0) is 54.7 Å². The summed E-state index contributed by atoms with van der Waals surface area (Å²) in [6.07, 6.45) is 1.64. The molecule has 0 fully saturated rings. The van der Waals surface area contributed by atoms with Gasteiger partial charge in [0.2, 0.25) is 0 Å². The fraction of sp³-hybridized carbons (Fsp3) is 0.240. The van der Waals surface area contributed by atoms with Crippen LogP contribution >= 0.6 is 0 Å². The Morgan fingerprint density at radius 2 is 1.42 bits per heavy atom. The Hall–Kier alpha value is -3.12. The first-order valence-corrected chi connectivity index (χ1v) is 11.9. The molecular weight excluding hydrogens is 412 g/mol. The van der Waals surface area contributed by atoms with Gasteiger partial charge in [-0.2, -0.15) is 0 Å². The molecule has 0 spiro atoms. The molecule has 3 rings (SSSR count). The van der Waals surface area contributed by atoms with Crippen molar-refractivity contribution in [2.75, 3.05) is 5.75 Å². The van der Waals surface area contributed by atoms with Crippen molar-refractivity contribution in [2.45, 2.75) is 30.8 Å². The van der Waals surface area contributed by atoms with E-state index in [0.29, 0.717) is 25.2 Å². The van der Waals surface area contributed by atoms with Crippen LogP contribution in [0.3, 0.4) is 0 Å². The lowest BCUT2D eigenvalue weighted by atomic mass is 10.0. The molecule has 0 aromatic heterocycles. The van der Waals surface area contributed by atoms with Crippen LogP contribution in [0.25, 0.3) is 0 Å². The van der Waals surface area contributed by atoms with Crippen LogP contribution in [0.15, 0.2) is 89.8 Å². The second-order valence-electron chi connectivity index (χ2n) is 7.44. The van der Waals surface area contributed by atoms with Gasteiger partial charge in [0.25, 0.3) is 0 Å². The first kappa shape index (κ1) is 22.6. The number of carboxylic acid groups (broad SMARTS) is 1. The molecule has 31 heavy (non-hydrogen) atoms. The van der Waals surface area contributed by atoms with Gasteiger partial charge < -0.3 is 9.84 Å². The van der Waals surface area contributed by atoms with E-state index in [1.54, 1.807) is 12.1 Å². The number of hydrogen-bond donors (Lipinski definition) is 1. The normalized spacial score (nSPS) is 12.3. The van der Waals surface area contributed by atoms with Crippen LogP contribution < -0.4 is 4.74 Å². The van der Waals surface area contributed by atoms with Crippen LogP contribution in [0.1, 0.15) is 24.0 Å². The van der Waals surface area contributed by atoms with Gasteiger partial charge in [-0.3, -0.25) is 4.79 Å². The van der Waals surface area contributed by atoms with Crippen LogP contribution in [0.4, 0.5) is 0 Å². The monoisotopic (exact) mass is 438 g/mol. The third-order valence-electron chi connectivity index (χ3n) is 5.06. The van der Waals surface area contributed by atoms with E-state index in [1.165, 1.54) is 12.1 Å². The molecule has 1 atom stereocenters. The molecule has 0 aliphatic carbocycles. The van der Waals surface area contributed by atoms with Gasteiger partial charge in [-0.25, -0.2) is 8.42 Å². The molecular formula is C25H26O5S. The lowest BCUT2D eigenvalue weighted by molar-refractivity contribution is -0.141. The molecule has 162 valence electrons. The number of carbonyl (C=O) groups is 1. The molecule has 3 aromatic rings. The zero-order chi connectivity index (χ0) is 22.1. The summed E-state index contributed by atoms with van der Waals surface area (Å²) in [5.74, 6) is -1.89. The molecule has 0 bridgehead atoms. The van der Waals surface area contributed by atoms with Crippen LogP contribution in [0.5, 0.6) is 5.75 Å². The van der Waals surface area contributed by atoms with Crippen molar-refractivity contribution < 1.29 is 23.1 Å². The summed E-state index contributed by atoms with van der Waals surface area (Å²) >= 11 is 0. The quantitative estimate of drug-likeness (QED) is 0.467. The molecule has 0 amide bonds. The lowest BCUT2D eigenvalue weighted by Crippen LogP contribution is -2.24. The SMILES string of the molecule is O=C(O)C(CCCc1ccccc1)CS(=O)(=O)c1ccc(OCc2ccccc2)cc1. The maximum atomic E-state index is 12.8. The van der Waals surface area contributed by atoms with Crippen molar-refractivity contribution >= 4 is 15.8 Å². The average Bonchev–Trinajstić information content (AvgIpc) is 2.78. The van der Waals surface area contributed by atoms with Crippen molar-refractivity contribution in [2.24, 2.45) is 5.92 Å². The molecule has 5 nitrogen and oxygen atoms in total. The van der Waals surface area contributed by atoms with E-state index in [0.717, 1.165) is 17.5 Å². The molecule has 6 heteroatoms. The summed E-state index contributed by atoms with van der Waals surface area (Å²) in [6.45, 7) is 0.384. The van der Waals surface area contributed by atoms with Gasteiger partial charge in [0.1, 0.15) is 12.4 Å². The third kappa shape index (κ3) is 6.96. The van der Waals surface area contributed by atoms with E-state index in [2.05, 4.69) is 0 Å². The lowest BCUT2D eigenvalue weighted by Gasteiger charge is -2.13. The van der Waals surface area contributed by atoms with Gasteiger partial charge in [0.05, 0.1) is 16.6 Å². The highest BCUT2D eigenvalue weighted by Gasteiger charge is 2.26. The highest BCUT2D eigenvalue weighted by Crippen LogP contribution is 2.22. The second-order valence-corrected chi connectivity index (χ2v) is 9.47. The molecule has 3 aromatic carbocycles. The maximum Gasteiger partial charge on any atom is 0.307 e. The molecule has 0 saturated heterocycles. The molecule has 1 N–H and O–H groups in total. The summed E-state index contributed by atoms with van der Waals surface area (Å²) in [4.78, 5) is 11.7. The Morgan fingerprint density at radius 1 is 0.839 bits per heavy atom. The number of aliphatic carboxylic acids is 1. The molecule has 0 aliphatic rings. The first-order chi connectivity index (χ1) is 14.9. The molecule has 0 radical (unpaired) electrons. The average molecular weight is 439 g/mol. The summed E-state index contributed by atoms with van der Waals surface area (Å²) < 4.78 is 31.2. The van der Waals surface area contributed by atoms with Crippen molar-refractivity contribution in [3.63, 3.8) is 0 Å². The third-order valence-corrected chi connectivity index (χ3v) is 6.89. The van der Waals surface area contributed by atoms with Crippen molar-refractivity contribution in [3.8, 4) is 5.75 Å². The van der Waals surface area contributed by atoms with Gasteiger partial charge in [-0.15, -0.1) is 0 Å². The minimum atomic E-state index is -3.72. The van der Waals surface area contributed by atoms with E-state index < -0.39 is 27.5 Å². The zero-order valence-electron chi connectivity index (χ0n) is 17.2. The van der Waals surface area contributed by atoms with Crippen LogP contribution in [-0.4, -0.2) is 25.2 Å². The fourth-order valence-corrected chi connectivity index (χ4v) is 4.90. The first-order valence-electron chi connectivity index (χ1n) is 10.2. The minimum Gasteiger partial charge on any atom is -0.489 e. The van der Waals surface area contributed by atoms with Crippen LogP contribution in [0, 0.1) is 5.92 Å². The van der Waals surface area contributed by atoms with E-state index >= 15 is 0 Å². The van der Waals surface area contributed by atoms with Gasteiger partial charge in [0.15, 0.2) is 9.84 Å². The van der Waals surface area contributed by atoms with Crippen molar-refractivity contribution in [1.29, 1.82) is 0 Å². The van der Waals surface area contributed by atoms with Crippen LogP contribution in [-0.2, 0) is 27.7 Å². The predicted octanol–water partition coefficient (Wildman–Crippen LogP) is 4.76. The number of ether oxygens (including phenoxy) is 1. The number of aryl methyl sites for hydroxylation is 1. The van der Waals surface area contributed by atoms with E-state index in [9.17, 15) is 18.3 Å². The fourth-order valence-electron chi connectivity index (χ4n) is 3.32. The van der Waals surface area contributed by atoms with Gasteiger partial charge in [0, 0.05) is 0 Å². The Balaban J connectivity index is 1.57. The summed E-state index contributed by atoms with van der Waals surface area (Å²) in [5, 5.41) is 9.52. The highest BCUT2D eigenvalue weighted by molar-refractivity contribution is 7.91. The zero-order valence-corrected chi connectivity index (χ0v) is 18.0. The number of rotatable bonds is 11. The Kier molecular flexibility index (Phi) is 7.84. The molecule has 1 unspecified atom stereocenters. The Morgan fingerprint density at radius 3 is 2.00 bits per heavy atom. The predicted molar refractivity (Wildman–Crippen MR) is 120 cm³/mol. The van der Waals surface area contributed by atoms with Crippen molar-refractivity contribution in [1.82, 2.24) is 0 Å². The van der Waals surface area contributed by atoms with Gasteiger partial charge in [-0.1, -0.05) is 60.7 Å². The summed E-state index contributed by atoms with van der Waals surface area (Å²) in [5.41, 5.74) is 2.12. The van der Waals surface area contributed by atoms with Gasteiger partial charge >= 0.3 is 5.97 Å². The number of benzene rings is 3. The number of sulfone groups is 1. The Labute approximate surface area is 183 Å². The molecule has 0 aliphatic heterocycles. The minimum absolute atomic E-state index is 0.105. The largest absolute Gasteiger partial charge is 0.489 e. The summed E-state index contributed by atoms with van der Waals surface area (Å²) in [7, 11) is -3.72. The second kappa shape index (κ2) is 10.8. The molecule has 0 heterocycles. The standard InChI is InChI=1S/C25H26O5S/c26-25(27)22(13-7-12-20-8-3-1-4-9-20)19-31(28,29)24-16-14-23(15-17-24)30-18-21-10-5-2-6-11-21/h1-6,8-11,14-17,22H,7,12-13,18-19H2,(H,26,27). The highest BCUT2D eigenvalue weighted by atomic mass is 32.2. The maximum absolute atomic E-state index is 12.8. The number of hydrogen-bond acceptors (Lipinski definition) is 4. The number of carboxylic acids is 1. The smallest absolute Gasteiger partial charge is 0.307 e. The van der Waals surface area contributed by atoms with E-state index in [4.69, 9.17) is 4.74 Å². The van der Waals surface area contributed by atoms with E-state index in [1.807, 2.05) is 60.7 Å².